The summed E-state index contributed by atoms with van der Waals surface area (Å²) in [5, 5.41) is 0. The minimum Gasteiger partial charge on any atom is -0.494 e. The van der Waals surface area contributed by atoms with Crippen LogP contribution in [0.2, 0.25) is 0 Å². The van der Waals surface area contributed by atoms with Gasteiger partial charge in [0.15, 0.2) is 11.6 Å². The van der Waals surface area contributed by atoms with E-state index in [0.29, 0.717) is 39.5 Å². The molecule has 0 radical (unpaired) electrons. The Labute approximate surface area is 280 Å². The van der Waals surface area contributed by atoms with E-state index in [0.717, 1.165) is 65.4 Å². The van der Waals surface area contributed by atoms with E-state index < -0.39 is 0 Å². The Bertz CT molecular complexity index is 1680. The summed E-state index contributed by atoms with van der Waals surface area (Å²) >= 11 is 2.89. The van der Waals surface area contributed by atoms with Crippen LogP contribution in [-0.2, 0) is 4.79 Å². The van der Waals surface area contributed by atoms with E-state index in [2.05, 4.69) is 13.8 Å². The molecule has 0 fully saturated rings. The maximum atomic E-state index is 14.0. The zero-order valence-corrected chi connectivity index (χ0v) is 28.3. The van der Waals surface area contributed by atoms with Gasteiger partial charge >= 0.3 is 5.97 Å². The summed E-state index contributed by atoms with van der Waals surface area (Å²) in [6.07, 6.45) is 6.94. The van der Waals surface area contributed by atoms with Crippen molar-refractivity contribution in [2.24, 2.45) is 5.92 Å². The molecule has 1 aliphatic carbocycles. The van der Waals surface area contributed by atoms with Crippen molar-refractivity contribution in [1.29, 1.82) is 0 Å². The lowest BCUT2D eigenvalue weighted by Crippen LogP contribution is -2.22. The maximum absolute atomic E-state index is 14.0. The molecular formula is C39H40O5S2. The Morgan fingerprint density at radius 2 is 1.17 bits per heavy atom. The van der Waals surface area contributed by atoms with Crippen LogP contribution in [0.4, 0.5) is 0 Å². The molecule has 0 amide bonds. The van der Waals surface area contributed by atoms with E-state index in [9.17, 15) is 14.4 Å². The van der Waals surface area contributed by atoms with Gasteiger partial charge < -0.3 is 9.47 Å². The van der Waals surface area contributed by atoms with Gasteiger partial charge in [-0.2, -0.15) is 0 Å². The summed E-state index contributed by atoms with van der Waals surface area (Å²) in [6.45, 7) is 6.99. The largest absolute Gasteiger partial charge is 0.494 e. The van der Waals surface area contributed by atoms with E-state index in [1.807, 2.05) is 67.6 Å². The van der Waals surface area contributed by atoms with E-state index in [1.54, 1.807) is 24.3 Å². The SMILES string of the molecule is CCCCCC(CC)C(=O)Oc1ccc(Sc2cccc3c2C(=O)c2cccc(Sc4ccc(OCCCC)cc4)c2C3=O)cc1. The molecule has 0 N–H and O–H groups in total. The molecule has 4 aromatic rings. The molecule has 5 rings (SSSR count). The van der Waals surface area contributed by atoms with E-state index in [-0.39, 0.29) is 23.5 Å². The lowest BCUT2D eigenvalue weighted by Gasteiger charge is -2.22. The fraction of sp³-hybridized carbons (Fsp3) is 0.308. The zero-order valence-electron chi connectivity index (χ0n) is 26.7. The lowest BCUT2D eigenvalue weighted by atomic mass is 9.84. The number of rotatable bonds is 15. The van der Waals surface area contributed by atoms with Gasteiger partial charge in [-0.15, -0.1) is 0 Å². The smallest absolute Gasteiger partial charge is 0.314 e. The van der Waals surface area contributed by atoms with Crippen molar-refractivity contribution >= 4 is 41.1 Å². The molecule has 0 aliphatic heterocycles. The molecule has 238 valence electrons. The lowest BCUT2D eigenvalue weighted by molar-refractivity contribution is -0.139. The molecule has 0 saturated heterocycles. The van der Waals surface area contributed by atoms with Gasteiger partial charge in [-0.05, 0) is 79.9 Å². The summed E-state index contributed by atoms with van der Waals surface area (Å²) in [4.78, 5) is 43.9. The maximum Gasteiger partial charge on any atom is 0.314 e. The second-order valence-electron chi connectivity index (χ2n) is 11.4. The molecule has 5 nitrogen and oxygen atoms in total. The minimum atomic E-state index is -0.190. The Morgan fingerprint density at radius 1 is 0.652 bits per heavy atom. The van der Waals surface area contributed by atoms with Gasteiger partial charge in [0.25, 0.3) is 0 Å². The first kappa shape index (κ1) is 33.6. The highest BCUT2D eigenvalue weighted by Gasteiger charge is 2.33. The van der Waals surface area contributed by atoms with Gasteiger partial charge in [-0.3, -0.25) is 14.4 Å². The molecule has 0 bridgehead atoms. The first-order valence-electron chi connectivity index (χ1n) is 16.2. The first-order valence-corrected chi connectivity index (χ1v) is 17.8. The van der Waals surface area contributed by atoms with Gasteiger partial charge in [-0.25, -0.2) is 0 Å². The molecule has 0 spiro atoms. The highest BCUT2D eigenvalue weighted by Crippen LogP contribution is 2.41. The third kappa shape index (κ3) is 7.94. The zero-order chi connectivity index (χ0) is 32.5. The van der Waals surface area contributed by atoms with Crippen molar-refractivity contribution in [1.82, 2.24) is 0 Å². The first-order chi connectivity index (χ1) is 22.4. The molecule has 46 heavy (non-hydrogen) atoms. The molecule has 0 saturated carbocycles. The number of ether oxygens (including phenoxy) is 2. The van der Waals surface area contributed by atoms with E-state index >= 15 is 0 Å². The summed E-state index contributed by atoms with van der Waals surface area (Å²) in [7, 11) is 0. The Balaban J connectivity index is 1.31. The second-order valence-corrected chi connectivity index (χ2v) is 13.6. The molecule has 0 heterocycles. The Hall–Kier alpha value is -3.81. The van der Waals surface area contributed by atoms with Gasteiger partial charge in [0.2, 0.25) is 0 Å². The topological polar surface area (TPSA) is 69.7 Å². The predicted molar refractivity (Wildman–Crippen MR) is 185 cm³/mol. The number of carbonyl (C=O) groups is 3. The van der Waals surface area contributed by atoms with Crippen LogP contribution in [0.3, 0.4) is 0 Å². The average molecular weight is 653 g/mol. The van der Waals surface area contributed by atoms with Crippen LogP contribution in [-0.4, -0.2) is 24.1 Å². The Kier molecular flexibility index (Phi) is 11.8. The third-order valence-electron chi connectivity index (χ3n) is 8.07. The van der Waals surface area contributed by atoms with Crippen molar-refractivity contribution in [2.45, 2.75) is 85.3 Å². The monoisotopic (exact) mass is 652 g/mol. The number of fused-ring (bicyclic) bond motifs is 2. The van der Waals surface area contributed by atoms with E-state index in [4.69, 9.17) is 9.47 Å². The summed E-state index contributed by atoms with van der Waals surface area (Å²) in [5.74, 6) is 0.719. The normalized spacial score (nSPS) is 12.8. The molecular weight excluding hydrogens is 613 g/mol. The molecule has 4 aromatic carbocycles. The fourth-order valence-electron chi connectivity index (χ4n) is 5.45. The molecule has 1 aliphatic rings. The number of carbonyl (C=O) groups excluding carboxylic acids is 3. The van der Waals surface area contributed by atoms with Crippen LogP contribution in [0.1, 0.15) is 97.6 Å². The highest BCUT2D eigenvalue weighted by molar-refractivity contribution is 7.99. The summed E-state index contributed by atoms with van der Waals surface area (Å²) in [6, 6.07) is 26.0. The summed E-state index contributed by atoms with van der Waals surface area (Å²) < 4.78 is 11.5. The summed E-state index contributed by atoms with van der Waals surface area (Å²) in [5.41, 5.74) is 1.70. The van der Waals surface area contributed by atoms with Crippen molar-refractivity contribution in [3.63, 3.8) is 0 Å². The van der Waals surface area contributed by atoms with Gasteiger partial charge in [0.05, 0.1) is 12.5 Å². The quantitative estimate of drug-likeness (QED) is 0.0633. The number of unbranched alkanes of at least 4 members (excludes halogenated alkanes) is 3. The van der Waals surface area contributed by atoms with Crippen molar-refractivity contribution in [2.75, 3.05) is 6.61 Å². The Morgan fingerprint density at radius 3 is 1.67 bits per heavy atom. The van der Waals surface area contributed by atoms with Crippen LogP contribution in [0, 0.1) is 5.92 Å². The van der Waals surface area contributed by atoms with Crippen molar-refractivity contribution in [3.8, 4) is 11.5 Å². The second kappa shape index (κ2) is 16.1. The van der Waals surface area contributed by atoms with Crippen LogP contribution < -0.4 is 9.47 Å². The molecule has 1 atom stereocenters. The van der Waals surface area contributed by atoms with Crippen LogP contribution in [0.15, 0.2) is 105 Å². The highest BCUT2D eigenvalue weighted by atomic mass is 32.2. The molecule has 1 unspecified atom stereocenters. The molecule has 0 aromatic heterocycles. The van der Waals surface area contributed by atoms with Crippen LogP contribution in [0.25, 0.3) is 0 Å². The van der Waals surface area contributed by atoms with Crippen molar-refractivity contribution in [3.05, 3.63) is 107 Å². The van der Waals surface area contributed by atoms with Gasteiger partial charge in [-0.1, -0.05) is 94.2 Å². The molecule has 7 heteroatoms. The number of hydrogen-bond acceptors (Lipinski definition) is 7. The third-order valence-corrected chi connectivity index (χ3v) is 10.2. The predicted octanol–water partition coefficient (Wildman–Crippen LogP) is 10.5. The standard InChI is InChI=1S/C39H40O5S2/c1-4-7-9-12-26(6-3)39(42)44-28-19-23-30(24-20-28)46-34-16-11-14-32-36(34)38(41)31-13-10-15-33(35(31)37(32)40)45-29-21-17-27(18-22-29)43-25-8-5-2/h10-11,13-24,26H,4-9,12,25H2,1-3H3. The van der Waals surface area contributed by atoms with E-state index in [1.165, 1.54) is 23.5 Å². The average Bonchev–Trinajstić information content (AvgIpc) is 3.07. The number of hydrogen-bond donors (Lipinski definition) is 0. The van der Waals surface area contributed by atoms with Crippen LogP contribution >= 0.6 is 23.5 Å². The van der Waals surface area contributed by atoms with Crippen LogP contribution in [0.5, 0.6) is 11.5 Å². The van der Waals surface area contributed by atoms with Gasteiger partial charge in [0, 0.05) is 41.8 Å². The van der Waals surface area contributed by atoms with Gasteiger partial charge in [0.1, 0.15) is 11.5 Å². The van der Waals surface area contributed by atoms with Crippen molar-refractivity contribution < 1.29 is 23.9 Å². The number of ketones is 2. The fourth-order valence-corrected chi connectivity index (χ4v) is 7.40. The number of benzene rings is 4. The minimum absolute atomic E-state index is 0.0998. The number of esters is 1.